The van der Waals surface area contributed by atoms with Gasteiger partial charge in [0, 0.05) is 0 Å². The van der Waals surface area contributed by atoms with E-state index in [1.165, 1.54) is 6.07 Å². The van der Waals surface area contributed by atoms with Crippen LogP contribution in [0.15, 0.2) is 35.2 Å². The lowest BCUT2D eigenvalue weighted by molar-refractivity contribution is -0.255. The molecule has 0 saturated heterocycles. The highest BCUT2D eigenvalue weighted by Gasteiger charge is 2.20. The number of carboxylic acid groups (broad SMARTS) is 1. The molecule has 5 nitrogen and oxygen atoms in total. The van der Waals surface area contributed by atoms with Gasteiger partial charge in [0.2, 0.25) is 0 Å². The van der Waals surface area contributed by atoms with Gasteiger partial charge in [-0.05, 0) is 73.7 Å². The molecule has 0 aliphatic rings. The van der Waals surface area contributed by atoms with Crippen molar-refractivity contribution in [1.82, 2.24) is 0 Å². The van der Waals surface area contributed by atoms with Crippen molar-refractivity contribution in [3.8, 4) is 0 Å². The highest BCUT2D eigenvalue weighted by Crippen LogP contribution is 2.26. The minimum absolute atomic E-state index is 0.0578. The first kappa shape index (κ1) is 17.0. The van der Waals surface area contributed by atoms with Gasteiger partial charge in [0.1, 0.15) is 0 Å². The fourth-order valence-corrected chi connectivity index (χ4v) is 3.75. The topological polar surface area (TPSA) is 86.3 Å². The Morgan fingerprint density at radius 1 is 1.00 bits per heavy atom. The van der Waals surface area contributed by atoms with Gasteiger partial charge in [-0.25, -0.2) is 8.42 Å². The highest BCUT2D eigenvalue weighted by molar-refractivity contribution is 7.92. The van der Waals surface area contributed by atoms with Crippen LogP contribution in [-0.2, 0) is 10.0 Å². The Hall–Kier alpha value is -2.34. The molecule has 0 saturated carbocycles. The summed E-state index contributed by atoms with van der Waals surface area (Å²) in [7, 11) is -3.90. The zero-order chi connectivity index (χ0) is 17.4. The molecule has 0 aromatic heterocycles. The van der Waals surface area contributed by atoms with E-state index in [2.05, 4.69) is 4.72 Å². The Labute approximate surface area is 136 Å². The van der Waals surface area contributed by atoms with Gasteiger partial charge in [0.25, 0.3) is 10.0 Å². The van der Waals surface area contributed by atoms with E-state index >= 15 is 0 Å². The minimum Gasteiger partial charge on any atom is -0.545 e. The summed E-state index contributed by atoms with van der Waals surface area (Å²) in [5, 5.41) is 11.1. The van der Waals surface area contributed by atoms with E-state index in [4.69, 9.17) is 0 Å². The van der Waals surface area contributed by atoms with Crippen LogP contribution in [0.5, 0.6) is 0 Å². The Morgan fingerprint density at radius 2 is 1.65 bits per heavy atom. The first-order chi connectivity index (χ1) is 10.6. The third-order valence-corrected chi connectivity index (χ3v) is 5.49. The predicted molar refractivity (Wildman–Crippen MR) is 87.0 cm³/mol. The molecule has 0 amide bonds. The third-order valence-electron chi connectivity index (χ3n) is 3.99. The zero-order valence-corrected chi connectivity index (χ0v) is 14.2. The maximum Gasteiger partial charge on any atom is 0.262 e. The molecular formula is C17H18NO4S-. The number of sulfonamides is 1. The van der Waals surface area contributed by atoms with Gasteiger partial charge >= 0.3 is 0 Å². The van der Waals surface area contributed by atoms with E-state index in [-0.39, 0.29) is 10.5 Å². The van der Waals surface area contributed by atoms with E-state index in [0.29, 0.717) is 16.8 Å². The molecule has 2 aromatic carbocycles. The van der Waals surface area contributed by atoms with Gasteiger partial charge in [0.05, 0.1) is 16.6 Å². The number of anilines is 1. The van der Waals surface area contributed by atoms with Crippen LogP contribution in [0.2, 0.25) is 0 Å². The molecule has 0 atom stereocenters. The molecule has 122 valence electrons. The second-order valence-electron chi connectivity index (χ2n) is 5.56. The maximum absolute atomic E-state index is 12.7. The summed E-state index contributed by atoms with van der Waals surface area (Å²) in [6, 6.07) is 7.85. The van der Waals surface area contributed by atoms with Crippen molar-refractivity contribution in [3.05, 3.63) is 58.1 Å². The van der Waals surface area contributed by atoms with E-state index in [1.54, 1.807) is 26.0 Å². The van der Waals surface area contributed by atoms with Crippen molar-refractivity contribution in [2.24, 2.45) is 0 Å². The van der Waals surface area contributed by atoms with Crippen LogP contribution in [0.1, 0.15) is 32.6 Å². The predicted octanol–water partition coefficient (Wildman–Crippen LogP) is 2.08. The number of carboxylic acids is 1. The second kappa shape index (κ2) is 6.04. The SMILES string of the molecule is Cc1cccc(NS(=O)(=O)c2cc(C(=O)[O-])cc(C)c2C)c1C. The normalized spacial score (nSPS) is 11.3. The number of rotatable bonds is 4. The quantitative estimate of drug-likeness (QED) is 0.929. The number of aromatic carboxylic acids is 1. The monoisotopic (exact) mass is 332 g/mol. The first-order valence-electron chi connectivity index (χ1n) is 7.05. The summed E-state index contributed by atoms with van der Waals surface area (Å²) >= 11 is 0. The largest absolute Gasteiger partial charge is 0.545 e. The van der Waals surface area contributed by atoms with E-state index in [1.807, 2.05) is 19.9 Å². The number of nitrogens with one attached hydrogen (secondary N) is 1. The molecule has 0 heterocycles. The van der Waals surface area contributed by atoms with Crippen molar-refractivity contribution in [2.45, 2.75) is 32.6 Å². The van der Waals surface area contributed by atoms with E-state index in [9.17, 15) is 18.3 Å². The van der Waals surface area contributed by atoms with Crippen molar-refractivity contribution in [2.75, 3.05) is 4.72 Å². The number of hydrogen-bond donors (Lipinski definition) is 1. The van der Waals surface area contributed by atoms with Crippen LogP contribution >= 0.6 is 0 Å². The summed E-state index contributed by atoms with van der Waals surface area (Å²) < 4.78 is 27.9. The molecule has 0 aliphatic heterocycles. The number of carbonyl (C=O) groups is 1. The maximum atomic E-state index is 12.7. The number of benzene rings is 2. The molecule has 0 fully saturated rings. The van der Waals surface area contributed by atoms with Crippen LogP contribution < -0.4 is 9.83 Å². The highest BCUT2D eigenvalue weighted by atomic mass is 32.2. The summed E-state index contributed by atoms with van der Waals surface area (Å²) in [4.78, 5) is 11.0. The standard InChI is InChI=1S/C17H19NO4S/c1-10-6-5-7-15(12(10)3)18-23(21,22)16-9-14(17(19)20)8-11(2)13(16)4/h5-9,18H,1-4H3,(H,19,20)/p-1. The fourth-order valence-electron chi connectivity index (χ4n) is 2.29. The Kier molecular flexibility index (Phi) is 4.47. The molecule has 0 bridgehead atoms. The first-order valence-corrected chi connectivity index (χ1v) is 8.53. The van der Waals surface area contributed by atoms with Crippen molar-refractivity contribution < 1.29 is 18.3 Å². The third kappa shape index (κ3) is 3.37. The van der Waals surface area contributed by atoms with Gasteiger partial charge < -0.3 is 9.90 Å². The van der Waals surface area contributed by atoms with Crippen LogP contribution in [0.3, 0.4) is 0 Å². The van der Waals surface area contributed by atoms with Gasteiger partial charge in [-0.15, -0.1) is 0 Å². The van der Waals surface area contributed by atoms with Crippen LogP contribution in [0, 0.1) is 27.7 Å². The summed E-state index contributed by atoms with van der Waals surface area (Å²) in [6.07, 6.45) is 0. The van der Waals surface area contributed by atoms with Crippen LogP contribution in [0.4, 0.5) is 5.69 Å². The lowest BCUT2D eigenvalue weighted by Gasteiger charge is -2.16. The number of carbonyl (C=O) groups excluding carboxylic acids is 1. The average molecular weight is 332 g/mol. The van der Waals surface area contributed by atoms with Crippen molar-refractivity contribution in [1.29, 1.82) is 0 Å². The van der Waals surface area contributed by atoms with Gasteiger partial charge in [-0.3, -0.25) is 4.72 Å². The lowest BCUT2D eigenvalue weighted by Crippen LogP contribution is -2.24. The Bertz CT molecular complexity index is 886. The fraction of sp³-hybridized carbons (Fsp3) is 0.235. The van der Waals surface area contributed by atoms with Gasteiger partial charge in [0.15, 0.2) is 0 Å². The van der Waals surface area contributed by atoms with Gasteiger partial charge in [-0.2, -0.15) is 0 Å². The zero-order valence-electron chi connectivity index (χ0n) is 13.4. The second-order valence-corrected chi connectivity index (χ2v) is 7.21. The lowest BCUT2D eigenvalue weighted by atomic mass is 10.1. The molecule has 23 heavy (non-hydrogen) atoms. The van der Waals surface area contributed by atoms with Crippen LogP contribution in [0.25, 0.3) is 0 Å². The molecule has 2 rings (SSSR count). The minimum atomic E-state index is -3.90. The van der Waals surface area contributed by atoms with Crippen molar-refractivity contribution >= 4 is 21.7 Å². The Balaban J connectivity index is 2.56. The van der Waals surface area contributed by atoms with Crippen molar-refractivity contribution in [3.63, 3.8) is 0 Å². The smallest absolute Gasteiger partial charge is 0.262 e. The molecule has 0 spiro atoms. The number of aryl methyl sites for hydroxylation is 2. The Morgan fingerprint density at radius 3 is 2.26 bits per heavy atom. The van der Waals surface area contributed by atoms with Gasteiger partial charge in [-0.1, -0.05) is 12.1 Å². The molecule has 6 heteroatoms. The molecular weight excluding hydrogens is 314 g/mol. The molecule has 0 unspecified atom stereocenters. The summed E-state index contributed by atoms with van der Waals surface area (Å²) in [6.45, 7) is 7.02. The summed E-state index contributed by atoms with van der Waals surface area (Å²) in [5.41, 5.74) is 3.18. The molecule has 0 aliphatic carbocycles. The van der Waals surface area contributed by atoms with Crippen LogP contribution in [-0.4, -0.2) is 14.4 Å². The molecule has 0 radical (unpaired) electrons. The van der Waals surface area contributed by atoms with E-state index < -0.39 is 16.0 Å². The number of hydrogen-bond acceptors (Lipinski definition) is 4. The average Bonchev–Trinajstić information content (AvgIpc) is 2.46. The summed E-state index contributed by atoms with van der Waals surface area (Å²) in [5.74, 6) is -1.41. The molecule has 2 aromatic rings. The van der Waals surface area contributed by atoms with E-state index in [0.717, 1.165) is 17.2 Å². The molecule has 1 N–H and O–H groups in total.